The van der Waals surface area contributed by atoms with Crippen molar-refractivity contribution in [3.63, 3.8) is 0 Å². The Labute approximate surface area is 120 Å². The summed E-state index contributed by atoms with van der Waals surface area (Å²) in [6.07, 6.45) is 3.73. The summed E-state index contributed by atoms with van der Waals surface area (Å²) in [6.45, 7) is 4.16. The number of hydrogen-bond acceptors (Lipinski definition) is 2. The Morgan fingerprint density at radius 3 is 2.45 bits per heavy atom. The SMILES string of the molecule is C[C@@H](C(=O)c1ccc2ccccc2c1)N1CCCCC1. The number of likely N-dealkylation sites (tertiary alicyclic amines) is 1. The summed E-state index contributed by atoms with van der Waals surface area (Å²) in [7, 11) is 0. The monoisotopic (exact) mass is 267 g/mol. The quantitative estimate of drug-likeness (QED) is 0.786. The Balaban J connectivity index is 1.83. The minimum atomic E-state index is -0.00328. The van der Waals surface area contributed by atoms with Crippen LogP contribution in [0.3, 0.4) is 0 Å². The van der Waals surface area contributed by atoms with E-state index in [0.29, 0.717) is 0 Å². The third kappa shape index (κ3) is 2.61. The van der Waals surface area contributed by atoms with Crippen molar-refractivity contribution in [3.05, 3.63) is 48.0 Å². The highest BCUT2D eigenvalue weighted by molar-refractivity contribution is 6.02. The second-order valence-corrected chi connectivity index (χ2v) is 5.70. The molecule has 2 heteroatoms. The smallest absolute Gasteiger partial charge is 0.179 e. The van der Waals surface area contributed by atoms with E-state index >= 15 is 0 Å². The van der Waals surface area contributed by atoms with E-state index < -0.39 is 0 Å². The Hall–Kier alpha value is -1.67. The maximum Gasteiger partial charge on any atom is 0.179 e. The molecular weight excluding hydrogens is 246 g/mol. The van der Waals surface area contributed by atoms with Crippen LogP contribution in [0, 0.1) is 0 Å². The normalized spacial score (nSPS) is 18.1. The molecule has 20 heavy (non-hydrogen) atoms. The molecule has 1 heterocycles. The minimum absolute atomic E-state index is 0.00328. The number of fused-ring (bicyclic) bond motifs is 1. The van der Waals surface area contributed by atoms with Crippen LogP contribution in [0.25, 0.3) is 10.8 Å². The first kappa shape index (κ1) is 13.3. The van der Waals surface area contributed by atoms with Crippen LogP contribution in [0.5, 0.6) is 0 Å². The van der Waals surface area contributed by atoms with Crippen molar-refractivity contribution >= 4 is 16.6 Å². The van der Waals surface area contributed by atoms with Crippen LogP contribution in [0.2, 0.25) is 0 Å². The summed E-state index contributed by atoms with van der Waals surface area (Å²) in [6, 6.07) is 14.2. The summed E-state index contributed by atoms with van der Waals surface area (Å²) in [5.74, 6) is 0.248. The molecule has 1 atom stereocenters. The fourth-order valence-corrected chi connectivity index (χ4v) is 3.06. The molecule has 0 saturated carbocycles. The van der Waals surface area contributed by atoms with Gasteiger partial charge in [0.15, 0.2) is 5.78 Å². The van der Waals surface area contributed by atoms with Crippen molar-refractivity contribution in [1.29, 1.82) is 0 Å². The molecule has 3 rings (SSSR count). The number of ketones is 1. The van der Waals surface area contributed by atoms with E-state index in [0.717, 1.165) is 24.0 Å². The standard InChI is InChI=1S/C18H21NO/c1-14(19-11-5-2-6-12-19)18(20)17-10-9-15-7-3-4-8-16(15)13-17/h3-4,7-10,13-14H,2,5-6,11-12H2,1H3/t14-/m0/s1. The molecule has 2 aromatic carbocycles. The first-order valence-electron chi connectivity index (χ1n) is 7.53. The van der Waals surface area contributed by atoms with Crippen LogP contribution in [0.1, 0.15) is 36.5 Å². The van der Waals surface area contributed by atoms with E-state index in [1.807, 2.05) is 37.3 Å². The maximum absolute atomic E-state index is 12.6. The molecule has 0 aliphatic carbocycles. The van der Waals surface area contributed by atoms with E-state index in [1.165, 1.54) is 24.6 Å². The van der Waals surface area contributed by atoms with Crippen molar-refractivity contribution in [2.45, 2.75) is 32.2 Å². The molecular formula is C18H21NO. The van der Waals surface area contributed by atoms with Crippen LogP contribution in [0.4, 0.5) is 0 Å². The first-order chi connectivity index (χ1) is 9.75. The Morgan fingerprint density at radius 2 is 1.70 bits per heavy atom. The molecule has 0 aromatic heterocycles. The molecule has 2 aromatic rings. The van der Waals surface area contributed by atoms with Gasteiger partial charge < -0.3 is 0 Å². The highest BCUT2D eigenvalue weighted by Gasteiger charge is 2.23. The van der Waals surface area contributed by atoms with Gasteiger partial charge in [-0.15, -0.1) is 0 Å². The van der Waals surface area contributed by atoms with E-state index in [1.54, 1.807) is 0 Å². The lowest BCUT2D eigenvalue weighted by atomic mass is 9.99. The number of carbonyl (C=O) groups is 1. The number of rotatable bonds is 3. The zero-order valence-corrected chi connectivity index (χ0v) is 12.0. The summed E-state index contributed by atoms with van der Waals surface area (Å²) in [5.41, 5.74) is 0.835. The second kappa shape index (κ2) is 5.76. The van der Waals surface area contributed by atoms with Crippen LogP contribution in [-0.4, -0.2) is 29.8 Å². The lowest BCUT2D eigenvalue weighted by Gasteiger charge is -2.31. The van der Waals surface area contributed by atoms with Crippen molar-refractivity contribution in [1.82, 2.24) is 4.90 Å². The van der Waals surface area contributed by atoms with Gasteiger partial charge in [-0.25, -0.2) is 0 Å². The molecule has 1 saturated heterocycles. The first-order valence-corrected chi connectivity index (χ1v) is 7.53. The van der Waals surface area contributed by atoms with Gasteiger partial charge >= 0.3 is 0 Å². The Kier molecular flexibility index (Phi) is 3.83. The zero-order valence-electron chi connectivity index (χ0n) is 12.0. The number of hydrogen-bond donors (Lipinski definition) is 0. The molecule has 0 radical (unpaired) electrons. The summed E-state index contributed by atoms with van der Waals surface area (Å²) in [5, 5.41) is 2.33. The summed E-state index contributed by atoms with van der Waals surface area (Å²) in [4.78, 5) is 15.0. The van der Waals surface area contributed by atoms with E-state index in [-0.39, 0.29) is 11.8 Å². The zero-order chi connectivity index (χ0) is 13.9. The molecule has 2 nitrogen and oxygen atoms in total. The van der Waals surface area contributed by atoms with Crippen LogP contribution < -0.4 is 0 Å². The molecule has 1 fully saturated rings. The van der Waals surface area contributed by atoms with Crippen LogP contribution >= 0.6 is 0 Å². The molecule has 0 spiro atoms. The van der Waals surface area contributed by atoms with Crippen LogP contribution in [0.15, 0.2) is 42.5 Å². The molecule has 0 bridgehead atoms. The van der Waals surface area contributed by atoms with Gasteiger partial charge in [-0.3, -0.25) is 9.69 Å². The second-order valence-electron chi connectivity index (χ2n) is 5.70. The Bertz CT molecular complexity index is 614. The number of Topliss-reactive ketones (excluding diaryl/α,β-unsaturated/α-hetero) is 1. The number of benzene rings is 2. The Morgan fingerprint density at radius 1 is 1.00 bits per heavy atom. The summed E-state index contributed by atoms with van der Waals surface area (Å²) < 4.78 is 0. The molecule has 104 valence electrons. The van der Waals surface area contributed by atoms with E-state index in [4.69, 9.17) is 0 Å². The number of piperidine rings is 1. The highest BCUT2D eigenvalue weighted by Crippen LogP contribution is 2.19. The summed E-state index contributed by atoms with van der Waals surface area (Å²) >= 11 is 0. The van der Waals surface area contributed by atoms with Crippen molar-refractivity contribution in [2.24, 2.45) is 0 Å². The van der Waals surface area contributed by atoms with Gasteiger partial charge in [-0.05, 0) is 49.7 Å². The van der Waals surface area contributed by atoms with Gasteiger partial charge in [-0.1, -0.05) is 42.8 Å². The highest BCUT2D eigenvalue weighted by atomic mass is 16.1. The van der Waals surface area contributed by atoms with Gasteiger partial charge in [0, 0.05) is 5.56 Å². The van der Waals surface area contributed by atoms with Crippen molar-refractivity contribution in [3.8, 4) is 0 Å². The van der Waals surface area contributed by atoms with Crippen LogP contribution in [-0.2, 0) is 0 Å². The van der Waals surface area contributed by atoms with Gasteiger partial charge in [0.25, 0.3) is 0 Å². The fourth-order valence-electron chi connectivity index (χ4n) is 3.06. The minimum Gasteiger partial charge on any atom is -0.294 e. The van der Waals surface area contributed by atoms with Crippen molar-refractivity contribution < 1.29 is 4.79 Å². The molecule has 1 aliphatic rings. The van der Waals surface area contributed by atoms with E-state index in [9.17, 15) is 4.79 Å². The third-order valence-electron chi connectivity index (χ3n) is 4.35. The lowest BCUT2D eigenvalue weighted by Crippen LogP contribution is -2.42. The number of nitrogens with zero attached hydrogens (tertiary/aromatic N) is 1. The molecule has 0 unspecified atom stereocenters. The predicted octanol–water partition coefficient (Wildman–Crippen LogP) is 3.90. The predicted molar refractivity (Wildman–Crippen MR) is 83.2 cm³/mol. The largest absolute Gasteiger partial charge is 0.294 e. The molecule has 0 amide bonds. The average molecular weight is 267 g/mol. The number of carbonyl (C=O) groups excluding carboxylic acids is 1. The maximum atomic E-state index is 12.6. The van der Waals surface area contributed by atoms with Gasteiger partial charge in [0.2, 0.25) is 0 Å². The van der Waals surface area contributed by atoms with Crippen molar-refractivity contribution in [2.75, 3.05) is 13.1 Å². The fraction of sp³-hybridized carbons (Fsp3) is 0.389. The molecule has 1 aliphatic heterocycles. The lowest BCUT2D eigenvalue weighted by molar-refractivity contribution is 0.0809. The average Bonchev–Trinajstić information content (AvgIpc) is 2.54. The van der Waals surface area contributed by atoms with Gasteiger partial charge in [0.1, 0.15) is 0 Å². The van der Waals surface area contributed by atoms with Gasteiger partial charge in [0.05, 0.1) is 6.04 Å². The van der Waals surface area contributed by atoms with E-state index in [2.05, 4.69) is 17.0 Å². The topological polar surface area (TPSA) is 20.3 Å². The third-order valence-corrected chi connectivity index (χ3v) is 4.35. The molecule has 0 N–H and O–H groups in total. The van der Waals surface area contributed by atoms with Gasteiger partial charge in [-0.2, -0.15) is 0 Å².